The molecular formula is C18H14Cl2N4O2. The standard InChI is InChI=1S/C18H14Cl2N4O2/c1-26-15-8-3-2-7-13(15)23-18(25)14-9-16(22-10-21-14)24-17-11(19)5-4-6-12(17)20/h2-10H,1H3,(H,23,25)(H,21,22,24). The first kappa shape index (κ1) is 18.0. The largest absolute Gasteiger partial charge is 0.495 e. The SMILES string of the molecule is COc1ccccc1NC(=O)c1cc(Nc2c(Cl)cccc2Cl)ncn1. The zero-order valence-electron chi connectivity index (χ0n) is 13.7. The Kier molecular flexibility index (Phi) is 5.55. The number of aromatic nitrogens is 2. The van der Waals surface area contributed by atoms with E-state index in [1.807, 2.05) is 6.07 Å². The number of nitrogens with one attached hydrogen (secondary N) is 2. The van der Waals surface area contributed by atoms with Crippen molar-refractivity contribution in [1.29, 1.82) is 0 Å². The Morgan fingerprint density at radius 1 is 1.04 bits per heavy atom. The number of anilines is 3. The number of hydrogen-bond acceptors (Lipinski definition) is 5. The first-order valence-corrected chi connectivity index (χ1v) is 8.31. The van der Waals surface area contributed by atoms with Gasteiger partial charge in [-0.2, -0.15) is 0 Å². The maximum atomic E-state index is 12.5. The predicted octanol–water partition coefficient (Wildman–Crippen LogP) is 4.79. The molecule has 3 aromatic rings. The van der Waals surface area contributed by atoms with Crippen LogP contribution in [0.2, 0.25) is 10.0 Å². The summed E-state index contributed by atoms with van der Waals surface area (Å²) in [5, 5.41) is 6.64. The summed E-state index contributed by atoms with van der Waals surface area (Å²) < 4.78 is 5.22. The van der Waals surface area contributed by atoms with Gasteiger partial charge in [-0.25, -0.2) is 9.97 Å². The molecule has 0 fully saturated rings. The van der Waals surface area contributed by atoms with E-state index < -0.39 is 5.91 Å². The number of hydrogen-bond donors (Lipinski definition) is 2. The van der Waals surface area contributed by atoms with Gasteiger partial charge in [-0.15, -0.1) is 0 Å². The fraction of sp³-hybridized carbons (Fsp3) is 0.0556. The molecular weight excluding hydrogens is 375 g/mol. The topological polar surface area (TPSA) is 76.1 Å². The number of methoxy groups -OCH3 is 1. The van der Waals surface area contributed by atoms with Gasteiger partial charge < -0.3 is 15.4 Å². The van der Waals surface area contributed by atoms with E-state index in [-0.39, 0.29) is 5.69 Å². The van der Waals surface area contributed by atoms with Crippen LogP contribution in [0.4, 0.5) is 17.2 Å². The number of carbonyl (C=O) groups is 1. The molecule has 1 aromatic heterocycles. The predicted molar refractivity (Wildman–Crippen MR) is 103 cm³/mol. The van der Waals surface area contributed by atoms with E-state index >= 15 is 0 Å². The average molecular weight is 389 g/mol. The van der Waals surface area contributed by atoms with Gasteiger partial charge in [-0.1, -0.05) is 41.4 Å². The molecule has 0 saturated heterocycles. The molecule has 2 aromatic carbocycles. The van der Waals surface area contributed by atoms with Gasteiger partial charge in [-0.05, 0) is 24.3 Å². The van der Waals surface area contributed by atoms with Crippen LogP contribution in [0.5, 0.6) is 5.75 Å². The van der Waals surface area contributed by atoms with Gasteiger partial charge in [0.1, 0.15) is 23.6 Å². The van der Waals surface area contributed by atoms with Crippen molar-refractivity contribution < 1.29 is 9.53 Å². The van der Waals surface area contributed by atoms with Crippen LogP contribution in [0.1, 0.15) is 10.5 Å². The van der Waals surface area contributed by atoms with E-state index in [2.05, 4.69) is 20.6 Å². The van der Waals surface area contributed by atoms with Crippen LogP contribution < -0.4 is 15.4 Å². The van der Waals surface area contributed by atoms with Crippen LogP contribution in [0.25, 0.3) is 0 Å². The van der Waals surface area contributed by atoms with E-state index in [4.69, 9.17) is 27.9 Å². The fourth-order valence-corrected chi connectivity index (χ4v) is 2.72. The highest BCUT2D eigenvalue weighted by molar-refractivity contribution is 6.39. The third-order valence-corrected chi connectivity index (χ3v) is 4.10. The Labute approximate surface area is 160 Å². The summed E-state index contributed by atoms with van der Waals surface area (Å²) in [7, 11) is 1.53. The van der Waals surface area contributed by atoms with E-state index in [9.17, 15) is 4.79 Å². The zero-order chi connectivity index (χ0) is 18.5. The lowest BCUT2D eigenvalue weighted by Crippen LogP contribution is -2.15. The number of ether oxygens (including phenoxy) is 1. The highest BCUT2D eigenvalue weighted by atomic mass is 35.5. The van der Waals surface area contributed by atoms with Crippen molar-refractivity contribution in [2.75, 3.05) is 17.7 Å². The van der Waals surface area contributed by atoms with Gasteiger partial charge in [0.2, 0.25) is 0 Å². The molecule has 0 aliphatic heterocycles. The van der Waals surface area contributed by atoms with Crippen LogP contribution in [0, 0.1) is 0 Å². The molecule has 8 heteroatoms. The number of benzene rings is 2. The van der Waals surface area contributed by atoms with E-state index in [1.165, 1.54) is 19.5 Å². The summed E-state index contributed by atoms with van der Waals surface area (Å²) in [6.45, 7) is 0. The van der Waals surface area contributed by atoms with Crippen molar-refractivity contribution in [3.8, 4) is 5.75 Å². The Morgan fingerprint density at radius 2 is 1.77 bits per heavy atom. The van der Waals surface area contributed by atoms with Crippen LogP contribution in [0.3, 0.4) is 0 Å². The second-order valence-electron chi connectivity index (χ2n) is 5.16. The Morgan fingerprint density at radius 3 is 2.50 bits per heavy atom. The van der Waals surface area contributed by atoms with Crippen molar-refractivity contribution in [2.45, 2.75) is 0 Å². The van der Waals surface area contributed by atoms with Crippen molar-refractivity contribution in [3.63, 3.8) is 0 Å². The Balaban J connectivity index is 1.82. The minimum atomic E-state index is -0.398. The lowest BCUT2D eigenvalue weighted by Gasteiger charge is -2.11. The molecule has 26 heavy (non-hydrogen) atoms. The van der Waals surface area contributed by atoms with E-state index in [1.54, 1.807) is 36.4 Å². The summed E-state index contributed by atoms with van der Waals surface area (Å²) in [5.41, 5.74) is 1.23. The van der Waals surface area contributed by atoms with Gasteiger partial charge in [0.15, 0.2) is 0 Å². The summed E-state index contributed by atoms with van der Waals surface area (Å²) >= 11 is 12.3. The number of halogens is 2. The number of amides is 1. The molecule has 3 rings (SSSR count). The molecule has 1 amide bonds. The van der Waals surface area contributed by atoms with Crippen molar-refractivity contribution in [1.82, 2.24) is 9.97 Å². The highest BCUT2D eigenvalue weighted by Crippen LogP contribution is 2.32. The maximum absolute atomic E-state index is 12.5. The monoisotopic (exact) mass is 388 g/mol. The zero-order valence-corrected chi connectivity index (χ0v) is 15.2. The van der Waals surface area contributed by atoms with Gasteiger partial charge in [0.25, 0.3) is 5.91 Å². The Bertz CT molecular complexity index is 930. The second-order valence-corrected chi connectivity index (χ2v) is 5.98. The summed E-state index contributed by atoms with van der Waals surface area (Å²) in [6.07, 6.45) is 1.28. The molecule has 6 nitrogen and oxygen atoms in total. The minimum absolute atomic E-state index is 0.177. The number of para-hydroxylation sites is 3. The fourth-order valence-electron chi connectivity index (χ4n) is 2.23. The second kappa shape index (κ2) is 8.03. The molecule has 0 bridgehead atoms. The van der Waals surface area contributed by atoms with Crippen molar-refractivity contribution in [3.05, 3.63) is 70.6 Å². The van der Waals surface area contributed by atoms with Crippen LogP contribution in [-0.2, 0) is 0 Å². The molecule has 0 unspecified atom stereocenters. The third-order valence-electron chi connectivity index (χ3n) is 3.47. The molecule has 0 saturated carbocycles. The molecule has 1 heterocycles. The van der Waals surface area contributed by atoms with Crippen LogP contribution >= 0.6 is 23.2 Å². The smallest absolute Gasteiger partial charge is 0.274 e. The van der Waals surface area contributed by atoms with Crippen LogP contribution in [-0.4, -0.2) is 23.0 Å². The summed E-state index contributed by atoms with van der Waals surface area (Å²) in [5.74, 6) is 0.543. The molecule has 0 aliphatic rings. The van der Waals surface area contributed by atoms with Gasteiger partial charge >= 0.3 is 0 Å². The molecule has 132 valence electrons. The first-order valence-electron chi connectivity index (χ1n) is 7.56. The number of nitrogens with zero attached hydrogens (tertiary/aromatic N) is 2. The molecule has 0 aliphatic carbocycles. The summed E-state index contributed by atoms with van der Waals surface area (Å²) in [4.78, 5) is 20.6. The van der Waals surface area contributed by atoms with Crippen LogP contribution in [0.15, 0.2) is 54.9 Å². The first-order chi connectivity index (χ1) is 12.6. The van der Waals surface area contributed by atoms with Gasteiger partial charge in [0, 0.05) is 6.07 Å². The normalized spacial score (nSPS) is 10.3. The molecule has 0 radical (unpaired) electrons. The maximum Gasteiger partial charge on any atom is 0.274 e. The van der Waals surface area contributed by atoms with E-state index in [0.29, 0.717) is 33.0 Å². The van der Waals surface area contributed by atoms with Crippen molar-refractivity contribution >= 4 is 46.3 Å². The quantitative estimate of drug-likeness (QED) is 0.656. The van der Waals surface area contributed by atoms with Crippen molar-refractivity contribution in [2.24, 2.45) is 0 Å². The van der Waals surface area contributed by atoms with E-state index in [0.717, 1.165) is 0 Å². The molecule has 2 N–H and O–H groups in total. The number of rotatable bonds is 5. The van der Waals surface area contributed by atoms with Gasteiger partial charge in [-0.3, -0.25) is 4.79 Å². The molecule has 0 spiro atoms. The minimum Gasteiger partial charge on any atom is -0.495 e. The molecule has 0 atom stereocenters. The third kappa shape index (κ3) is 4.04. The van der Waals surface area contributed by atoms with Gasteiger partial charge in [0.05, 0.1) is 28.5 Å². The average Bonchev–Trinajstić information content (AvgIpc) is 2.65. The number of carbonyl (C=O) groups excluding carboxylic acids is 1. The Hall–Kier alpha value is -2.83. The highest BCUT2D eigenvalue weighted by Gasteiger charge is 2.13. The lowest BCUT2D eigenvalue weighted by atomic mass is 10.2. The summed E-state index contributed by atoms with van der Waals surface area (Å²) in [6, 6.07) is 13.7. The lowest BCUT2D eigenvalue weighted by molar-refractivity contribution is 0.102.